The maximum Gasteiger partial charge on any atom is 0.161 e. The van der Waals surface area contributed by atoms with Crippen LogP contribution >= 0.6 is 11.8 Å². The highest BCUT2D eigenvalue weighted by molar-refractivity contribution is 7.99. The van der Waals surface area contributed by atoms with Gasteiger partial charge in [-0.25, -0.2) is 0 Å². The molecule has 0 amide bonds. The fourth-order valence-corrected chi connectivity index (χ4v) is 3.05. The third-order valence-corrected chi connectivity index (χ3v) is 4.22. The van der Waals surface area contributed by atoms with Crippen LogP contribution in [0.15, 0.2) is 18.2 Å². The molecule has 1 saturated heterocycles. The molecular formula is C14H21NO2S. The average molecular weight is 267 g/mol. The lowest BCUT2D eigenvalue weighted by Gasteiger charge is -2.22. The van der Waals surface area contributed by atoms with E-state index in [9.17, 15) is 0 Å². The van der Waals surface area contributed by atoms with Crippen molar-refractivity contribution in [1.82, 2.24) is 0 Å². The van der Waals surface area contributed by atoms with E-state index in [-0.39, 0.29) is 5.54 Å². The molecule has 1 aliphatic heterocycles. The lowest BCUT2D eigenvalue weighted by molar-refractivity contribution is 0.218. The van der Waals surface area contributed by atoms with Gasteiger partial charge in [-0.15, -0.1) is 0 Å². The molecule has 1 atom stereocenters. The number of thioether (sulfide) groups is 1. The van der Waals surface area contributed by atoms with Crippen LogP contribution in [0.2, 0.25) is 0 Å². The quantitative estimate of drug-likeness (QED) is 0.911. The predicted molar refractivity (Wildman–Crippen MR) is 76.6 cm³/mol. The summed E-state index contributed by atoms with van der Waals surface area (Å²) in [6.07, 6.45) is 1.39. The molecule has 4 heteroatoms. The lowest BCUT2D eigenvalue weighted by Crippen LogP contribution is -2.28. The molecular weight excluding hydrogens is 246 g/mol. The SMILES string of the molecule is COc1ccc(C(C)(C)N)cc1OC1CCSC1. The van der Waals surface area contributed by atoms with Crippen LogP contribution in [0.3, 0.4) is 0 Å². The van der Waals surface area contributed by atoms with Crippen LogP contribution in [0.1, 0.15) is 25.8 Å². The Kier molecular flexibility index (Phi) is 4.07. The summed E-state index contributed by atoms with van der Waals surface area (Å²) in [6.45, 7) is 3.98. The summed E-state index contributed by atoms with van der Waals surface area (Å²) >= 11 is 1.93. The van der Waals surface area contributed by atoms with E-state index >= 15 is 0 Å². The molecule has 0 saturated carbocycles. The van der Waals surface area contributed by atoms with Crippen molar-refractivity contribution in [2.24, 2.45) is 5.73 Å². The van der Waals surface area contributed by atoms with Crippen LogP contribution in [-0.4, -0.2) is 24.7 Å². The van der Waals surface area contributed by atoms with Gasteiger partial charge in [0.1, 0.15) is 6.10 Å². The summed E-state index contributed by atoms with van der Waals surface area (Å²) in [5.41, 5.74) is 6.82. The summed E-state index contributed by atoms with van der Waals surface area (Å²) in [5, 5.41) is 0. The molecule has 0 aliphatic carbocycles. The minimum atomic E-state index is -0.366. The number of rotatable bonds is 4. The fourth-order valence-electron chi connectivity index (χ4n) is 1.95. The summed E-state index contributed by atoms with van der Waals surface area (Å²) in [5.74, 6) is 3.81. The van der Waals surface area contributed by atoms with Gasteiger partial charge in [-0.05, 0) is 43.7 Å². The Hall–Kier alpha value is -0.870. The van der Waals surface area contributed by atoms with E-state index in [1.807, 2.05) is 43.8 Å². The predicted octanol–water partition coefficient (Wildman–Crippen LogP) is 2.77. The number of hydrogen-bond acceptors (Lipinski definition) is 4. The second-order valence-corrected chi connectivity index (χ2v) is 6.34. The number of nitrogens with two attached hydrogens (primary N) is 1. The third kappa shape index (κ3) is 3.12. The largest absolute Gasteiger partial charge is 0.493 e. The van der Waals surface area contributed by atoms with E-state index in [4.69, 9.17) is 15.2 Å². The van der Waals surface area contributed by atoms with Gasteiger partial charge in [-0.3, -0.25) is 0 Å². The summed E-state index contributed by atoms with van der Waals surface area (Å²) in [4.78, 5) is 0. The fraction of sp³-hybridized carbons (Fsp3) is 0.571. The number of ether oxygens (including phenoxy) is 2. The van der Waals surface area contributed by atoms with Crippen molar-refractivity contribution in [3.05, 3.63) is 23.8 Å². The number of methoxy groups -OCH3 is 1. The Morgan fingerprint density at radius 2 is 2.11 bits per heavy atom. The Morgan fingerprint density at radius 1 is 1.33 bits per heavy atom. The molecule has 1 aromatic rings. The van der Waals surface area contributed by atoms with Gasteiger partial charge in [0.25, 0.3) is 0 Å². The van der Waals surface area contributed by atoms with Crippen molar-refractivity contribution >= 4 is 11.8 Å². The Bertz CT molecular complexity index is 409. The van der Waals surface area contributed by atoms with Crippen molar-refractivity contribution in [3.63, 3.8) is 0 Å². The topological polar surface area (TPSA) is 44.5 Å². The number of benzene rings is 1. The normalized spacial score (nSPS) is 19.9. The second-order valence-electron chi connectivity index (χ2n) is 5.19. The van der Waals surface area contributed by atoms with Gasteiger partial charge in [-0.2, -0.15) is 11.8 Å². The van der Waals surface area contributed by atoms with E-state index in [2.05, 4.69) is 0 Å². The first-order valence-electron chi connectivity index (χ1n) is 6.22. The summed E-state index contributed by atoms with van der Waals surface area (Å²) in [7, 11) is 1.67. The van der Waals surface area contributed by atoms with Crippen LogP contribution in [-0.2, 0) is 5.54 Å². The highest BCUT2D eigenvalue weighted by atomic mass is 32.2. The van der Waals surface area contributed by atoms with Gasteiger partial charge in [-0.1, -0.05) is 6.07 Å². The maximum absolute atomic E-state index is 6.12. The smallest absolute Gasteiger partial charge is 0.161 e. The molecule has 100 valence electrons. The average Bonchev–Trinajstić information content (AvgIpc) is 2.80. The zero-order chi connectivity index (χ0) is 13.2. The molecule has 1 fully saturated rings. The second kappa shape index (κ2) is 5.41. The van der Waals surface area contributed by atoms with Crippen LogP contribution in [0.5, 0.6) is 11.5 Å². The molecule has 18 heavy (non-hydrogen) atoms. The van der Waals surface area contributed by atoms with Gasteiger partial charge in [0.2, 0.25) is 0 Å². The molecule has 0 aromatic heterocycles. The molecule has 1 heterocycles. The van der Waals surface area contributed by atoms with Crippen LogP contribution in [0.25, 0.3) is 0 Å². The summed E-state index contributed by atoms with van der Waals surface area (Å²) < 4.78 is 11.4. The zero-order valence-electron chi connectivity index (χ0n) is 11.2. The zero-order valence-corrected chi connectivity index (χ0v) is 12.0. The lowest BCUT2D eigenvalue weighted by atomic mass is 9.95. The van der Waals surface area contributed by atoms with Crippen molar-refractivity contribution in [3.8, 4) is 11.5 Å². The first-order valence-corrected chi connectivity index (χ1v) is 7.38. The molecule has 1 aromatic carbocycles. The van der Waals surface area contributed by atoms with Gasteiger partial charge < -0.3 is 15.2 Å². The molecule has 0 bridgehead atoms. The van der Waals surface area contributed by atoms with Crippen molar-refractivity contribution in [2.45, 2.75) is 31.9 Å². The minimum absolute atomic E-state index is 0.292. The highest BCUT2D eigenvalue weighted by Crippen LogP contribution is 2.34. The van der Waals surface area contributed by atoms with Gasteiger partial charge in [0, 0.05) is 11.3 Å². The Labute approximate surface area is 113 Å². The highest BCUT2D eigenvalue weighted by Gasteiger charge is 2.21. The number of hydrogen-bond donors (Lipinski definition) is 1. The van der Waals surface area contributed by atoms with Gasteiger partial charge >= 0.3 is 0 Å². The van der Waals surface area contributed by atoms with E-state index in [1.165, 1.54) is 5.75 Å². The summed E-state index contributed by atoms with van der Waals surface area (Å²) in [6, 6.07) is 5.93. The van der Waals surface area contributed by atoms with E-state index in [1.54, 1.807) is 7.11 Å². The first-order chi connectivity index (χ1) is 8.50. The van der Waals surface area contributed by atoms with Gasteiger partial charge in [0.05, 0.1) is 7.11 Å². The molecule has 1 unspecified atom stereocenters. The van der Waals surface area contributed by atoms with E-state index in [0.717, 1.165) is 29.2 Å². The standard InChI is InChI=1S/C14H21NO2S/c1-14(2,15)10-4-5-12(16-3)13(8-10)17-11-6-7-18-9-11/h4-5,8,11H,6-7,9,15H2,1-3H3. The van der Waals surface area contributed by atoms with Gasteiger partial charge in [0.15, 0.2) is 11.5 Å². The van der Waals surface area contributed by atoms with Crippen LogP contribution < -0.4 is 15.2 Å². The monoisotopic (exact) mass is 267 g/mol. The molecule has 2 rings (SSSR count). The Balaban J connectivity index is 2.24. The van der Waals surface area contributed by atoms with E-state index < -0.39 is 0 Å². The molecule has 3 nitrogen and oxygen atoms in total. The third-order valence-electron chi connectivity index (χ3n) is 3.09. The molecule has 0 spiro atoms. The van der Waals surface area contributed by atoms with Crippen molar-refractivity contribution in [2.75, 3.05) is 18.6 Å². The van der Waals surface area contributed by atoms with Crippen LogP contribution in [0.4, 0.5) is 0 Å². The molecule has 1 aliphatic rings. The Morgan fingerprint density at radius 3 is 2.67 bits per heavy atom. The molecule has 2 N–H and O–H groups in total. The van der Waals surface area contributed by atoms with Crippen molar-refractivity contribution in [1.29, 1.82) is 0 Å². The van der Waals surface area contributed by atoms with E-state index in [0.29, 0.717) is 6.10 Å². The maximum atomic E-state index is 6.12. The first kappa shape index (κ1) is 13.6. The van der Waals surface area contributed by atoms with Crippen molar-refractivity contribution < 1.29 is 9.47 Å². The van der Waals surface area contributed by atoms with Crippen LogP contribution in [0, 0.1) is 0 Å². The minimum Gasteiger partial charge on any atom is -0.493 e. The molecule has 0 radical (unpaired) electrons.